The molecule has 0 saturated heterocycles. The summed E-state index contributed by atoms with van der Waals surface area (Å²) in [5.74, 6) is -5.24. The van der Waals surface area contributed by atoms with E-state index < -0.39 is 24.3 Å². The zero-order chi connectivity index (χ0) is 16.0. The van der Waals surface area contributed by atoms with Crippen molar-refractivity contribution in [1.29, 1.82) is 0 Å². The van der Waals surface area contributed by atoms with Gasteiger partial charge in [-0.25, -0.2) is 9.59 Å². The third kappa shape index (κ3) is 7.18. The minimum absolute atomic E-state index is 0.232. The number of esters is 1. The largest absolute Gasteiger partial charge is 0.491 e. The SMILES string of the molecule is O=C(O)C(F)(F)F.O=C(Oc1cccnc1)C(F)(F)F. The van der Waals surface area contributed by atoms with E-state index in [1.165, 1.54) is 18.3 Å². The molecule has 112 valence electrons. The van der Waals surface area contributed by atoms with Crippen LogP contribution in [-0.4, -0.2) is 34.4 Å². The maximum Gasteiger partial charge on any atom is 0.491 e. The Morgan fingerprint density at radius 2 is 1.60 bits per heavy atom. The fourth-order valence-electron chi connectivity index (χ4n) is 0.572. The second kappa shape index (κ2) is 6.73. The molecule has 1 rings (SSSR count). The van der Waals surface area contributed by atoms with Gasteiger partial charge in [0.1, 0.15) is 5.75 Å². The number of carboxylic acid groups (broad SMARTS) is 1. The normalized spacial score (nSPS) is 11.1. The van der Waals surface area contributed by atoms with Gasteiger partial charge < -0.3 is 9.84 Å². The fraction of sp³-hybridized carbons (Fsp3) is 0.222. The summed E-state index contributed by atoms with van der Waals surface area (Å²) in [6.45, 7) is 0. The lowest BCUT2D eigenvalue weighted by atomic mass is 10.5. The Kier molecular flexibility index (Phi) is 5.94. The molecule has 0 aliphatic carbocycles. The van der Waals surface area contributed by atoms with Crippen LogP contribution in [0.15, 0.2) is 24.5 Å². The Bertz CT molecular complexity index is 456. The van der Waals surface area contributed by atoms with Gasteiger partial charge in [0.05, 0.1) is 6.20 Å². The van der Waals surface area contributed by atoms with Crippen molar-refractivity contribution in [3.63, 3.8) is 0 Å². The van der Waals surface area contributed by atoms with E-state index >= 15 is 0 Å². The lowest BCUT2D eigenvalue weighted by molar-refractivity contribution is -0.192. The summed E-state index contributed by atoms with van der Waals surface area (Å²) in [6, 6.07) is 2.57. The average Bonchev–Trinajstić information content (AvgIpc) is 2.28. The molecule has 0 aromatic carbocycles. The van der Waals surface area contributed by atoms with Crippen LogP contribution in [0.1, 0.15) is 0 Å². The van der Waals surface area contributed by atoms with Gasteiger partial charge in [-0.3, -0.25) is 4.98 Å². The summed E-state index contributed by atoms with van der Waals surface area (Å²) in [7, 11) is 0. The molecule has 5 nitrogen and oxygen atoms in total. The van der Waals surface area contributed by atoms with Crippen molar-refractivity contribution in [3.05, 3.63) is 24.5 Å². The van der Waals surface area contributed by atoms with Crippen molar-refractivity contribution in [3.8, 4) is 5.75 Å². The molecule has 1 N–H and O–H groups in total. The number of hydrogen-bond acceptors (Lipinski definition) is 4. The predicted octanol–water partition coefficient (Wildman–Crippen LogP) is 2.18. The molecule has 0 unspecified atom stereocenters. The summed E-state index contributed by atoms with van der Waals surface area (Å²) >= 11 is 0. The molecule has 11 heteroatoms. The molecule has 0 aliphatic heterocycles. The number of aliphatic carboxylic acids is 1. The molecule has 0 atom stereocenters. The van der Waals surface area contributed by atoms with Crippen molar-refractivity contribution in [1.82, 2.24) is 4.98 Å². The molecular weight excluding hydrogens is 300 g/mol. The van der Waals surface area contributed by atoms with Crippen LogP contribution in [0.3, 0.4) is 0 Å². The molecule has 0 amide bonds. The summed E-state index contributed by atoms with van der Waals surface area (Å²) in [4.78, 5) is 22.6. The van der Waals surface area contributed by atoms with Crippen LogP contribution < -0.4 is 4.74 Å². The number of alkyl halides is 6. The highest BCUT2D eigenvalue weighted by Crippen LogP contribution is 2.18. The van der Waals surface area contributed by atoms with Gasteiger partial charge in [0.2, 0.25) is 0 Å². The first kappa shape index (κ1) is 17.7. The van der Waals surface area contributed by atoms with Gasteiger partial charge in [-0.05, 0) is 12.1 Å². The molecule has 0 radical (unpaired) electrons. The Morgan fingerprint density at radius 1 is 1.10 bits per heavy atom. The van der Waals surface area contributed by atoms with Gasteiger partial charge in [-0.2, -0.15) is 26.3 Å². The minimum Gasteiger partial charge on any atom is -0.475 e. The molecule has 1 heterocycles. The summed E-state index contributed by atoms with van der Waals surface area (Å²) in [5.41, 5.74) is 0. The minimum atomic E-state index is -5.08. The number of halogens is 6. The highest BCUT2D eigenvalue weighted by molar-refractivity contribution is 5.77. The van der Waals surface area contributed by atoms with Gasteiger partial charge >= 0.3 is 24.3 Å². The van der Waals surface area contributed by atoms with Gasteiger partial charge in [0.25, 0.3) is 0 Å². The van der Waals surface area contributed by atoms with E-state index in [1.54, 1.807) is 0 Å². The maximum absolute atomic E-state index is 11.6. The monoisotopic (exact) mass is 305 g/mol. The lowest BCUT2D eigenvalue weighted by Gasteiger charge is -2.05. The zero-order valence-electron chi connectivity index (χ0n) is 9.20. The predicted molar refractivity (Wildman–Crippen MR) is 49.6 cm³/mol. The Morgan fingerprint density at radius 3 is 1.90 bits per heavy atom. The number of hydrogen-bond donors (Lipinski definition) is 1. The second-order valence-electron chi connectivity index (χ2n) is 2.88. The van der Waals surface area contributed by atoms with Crippen LogP contribution in [0, 0.1) is 0 Å². The van der Waals surface area contributed by atoms with Crippen molar-refractivity contribution < 1.29 is 45.8 Å². The van der Waals surface area contributed by atoms with Crippen molar-refractivity contribution in [2.75, 3.05) is 0 Å². The maximum atomic E-state index is 11.6. The van der Waals surface area contributed by atoms with E-state index in [-0.39, 0.29) is 5.75 Å². The Labute approximate surface area is 106 Å². The van der Waals surface area contributed by atoms with Crippen molar-refractivity contribution >= 4 is 11.9 Å². The quantitative estimate of drug-likeness (QED) is 0.635. The van der Waals surface area contributed by atoms with Crippen molar-refractivity contribution in [2.24, 2.45) is 0 Å². The van der Waals surface area contributed by atoms with Gasteiger partial charge in [0.15, 0.2) is 0 Å². The number of rotatable bonds is 1. The van der Waals surface area contributed by atoms with E-state index in [1.807, 2.05) is 0 Å². The highest BCUT2D eigenvalue weighted by Gasteiger charge is 2.41. The summed E-state index contributed by atoms with van der Waals surface area (Å²) < 4.78 is 70.6. The first-order chi connectivity index (χ1) is 8.94. The molecule has 20 heavy (non-hydrogen) atoms. The van der Waals surface area contributed by atoms with E-state index in [2.05, 4.69) is 9.72 Å². The number of nitrogens with zero attached hydrogens (tertiary/aromatic N) is 1. The number of carboxylic acids is 1. The van der Waals surface area contributed by atoms with Crippen LogP contribution in [0.2, 0.25) is 0 Å². The van der Waals surface area contributed by atoms with Crippen molar-refractivity contribution in [2.45, 2.75) is 12.4 Å². The first-order valence-corrected chi connectivity index (χ1v) is 4.43. The molecule has 0 spiro atoms. The third-order valence-electron chi connectivity index (χ3n) is 1.32. The fourth-order valence-corrected chi connectivity index (χ4v) is 0.572. The van der Waals surface area contributed by atoms with Crippen LogP contribution in [0.4, 0.5) is 26.3 Å². The number of pyridine rings is 1. The number of ether oxygens (including phenoxy) is 1. The third-order valence-corrected chi connectivity index (χ3v) is 1.32. The summed E-state index contributed by atoms with van der Waals surface area (Å²) in [5, 5.41) is 7.12. The number of carbonyl (C=O) groups is 2. The van der Waals surface area contributed by atoms with E-state index in [0.717, 1.165) is 6.20 Å². The van der Waals surface area contributed by atoms with Gasteiger partial charge in [-0.15, -0.1) is 0 Å². The first-order valence-electron chi connectivity index (χ1n) is 4.43. The average molecular weight is 305 g/mol. The van der Waals surface area contributed by atoms with Crippen LogP contribution in [-0.2, 0) is 9.59 Å². The Balaban J connectivity index is 0.000000441. The summed E-state index contributed by atoms with van der Waals surface area (Å²) in [6.07, 6.45) is -7.69. The molecule has 1 aromatic heterocycles. The number of aromatic nitrogens is 1. The van der Waals surface area contributed by atoms with Crippen LogP contribution >= 0.6 is 0 Å². The molecule has 0 aliphatic rings. The van der Waals surface area contributed by atoms with Gasteiger partial charge in [0, 0.05) is 6.20 Å². The van der Waals surface area contributed by atoms with E-state index in [4.69, 9.17) is 9.90 Å². The molecule has 1 aromatic rings. The molecular formula is C9H5F6NO4. The Hall–Kier alpha value is -2.33. The van der Waals surface area contributed by atoms with Crippen LogP contribution in [0.25, 0.3) is 0 Å². The zero-order valence-corrected chi connectivity index (χ0v) is 9.20. The van der Waals surface area contributed by atoms with E-state index in [0.29, 0.717) is 0 Å². The van der Waals surface area contributed by atoms with Gasteiger partial charge in [-0.1, -0.05) is 0 Å². The molecule has 0 fully saturated rings. The lowest BCUT2D eigenvalue weighted by Crippen LogP contribution is -2.27. The molecule has 0 saturated carbocycles. The highest BCUT2D eigenvalue weighted by atomic mass is 19.4. The van der Waals surface area contributed by atoms with Crippen LogP contribution in [0.5, 0.6) is 5.75 Å². The smallest absolute Gasteiger partial charge is 0.475 e. The molecule has 0 bridgehead atoms. The standard InChI is InChI=1S/C7H4F3NO2.C2HF3O2/c8-7(9,10)6(12)13-5-2-1-3-11-4-5;3-2(4,5)1(6)7/h1-4H;(H,6,7). The number of carbonyl (C=O) groups excluding carboxylic acids is 1. The second-order valence-corrected chi connectivity index (χ2v) is 2.88. The topological polar surface area (TPSA) is 76.5 Å². The van der Waals surface area contributed by atoms with E-state index in [9.17, 15) is 31.1 Å².